The standard InChI is InChI=1S/C23H21N3O3S/c1-13-11-15(22(27)28)6-7-16(13)18-8-9-19(29-18)21-20(17-5-3-4-10-24-17)25-23-26(21)12-14(2)30-23/h3-11,14,20-21H,12H2,1-2H3,(H,27,28)/t14-,20+,21-/m1/s1. The van der Waals surface area contributed by atoms with Crippen LogP contribution >= 0.6 is 11.8 Å². The zero-order chi connectivity index (χ0) is 20.8. The Morgan fingerprint density at radius 1 is 1.23 bits per heavy atom. The maximum atomic E-state index is 11.2. The minimum absolute atomic E-state index is 0.0419. The van der Waals surface area contributed by atoms with E-state index in [2.05, 4.69) is 16.8 Å². The number of aryl methyl sites for hydroxylation is 1. The molecule has 2 aliphatic heterocycles. The summed E-state index contributed by atoms with van der Waals surface area (Å²) >= 11 is 1.79. The Hall–Kier alpha value is -3.06. The predicted molar refractivity (Wildman–Crippen MR) is 117 cm³/mol. The second kappa shape index (κ2) is 7.32. The van der Waals surface area contributed by atoms with Crippen LogP contribution in [0.1, 0.15) is 46.4 Å². The third kappa shape index (κ3) is 3.19. The van der Waals surface area contributed by atoms with Crippen LogP contribution in [0, 0.1) is 6.92 Å². The van der Waals surface area contributed by atoms with Gasteiger partial charge in [-0.1, -0.05) is 30.8 Å². The number of pyridine rings is 1. The van der Waals surface area contributed by atoms with Crippen molar-refractivity contribution >= 4 is 22.9 Å². The van der Waals surface area contributed by atoms with Crippen LogP contribution in [0.4, 0.5) is 0 Å². The number of aliphatic imine (C=N–C) groups is 1. The third-order valence-corrected chi connectivity index (χ3v) is 6.64. The minimum atomic E-state index is -0.931. The highest BCUT2D eigenvalue weighted by atomic mass is 32.2. The third-order valence-electron chi connectivity index (χ3n) is 5.54. The lowest BCUT2D eigenvalue weighted by molar-refractivity contribution is 0.0697. The molecule has 30 heavy (non-hydrogen) atoms. The van der Waals surface area contributed by atoms with Gasteiger partial charge in [0.2, 0.25) is 0 Å². The van der Waals surface area contributed by atoms with Gasteiger partial charge in [-0.3, -0.25) is 4.98 Å². The fraction of sp³-hybridized carbons (Fsp3) is 0.261. The molecule has 3 atom stereocenters. The molecule has 0 spiro atoms. The summed E-state index contributed by atoms with van der Waals surface area (Å²) in [7, 11) is 0. The quantitative estimate of drug-likeness (QED) is 0.645. The van der Waals surface area contributed by atoms with Gasteiger partial charge in [0.1, 0.15) is 23.6 Å². The van der Waals surface area contributed by atoms with E-state index in [1.54, 1.807) is 30.1 Å². The van der Waals surface area contributed by atoms with E-state index in [9.17, 15) is 9.90 Å². The lowest BCUT2D eigenvalue weighted by atomic mass is 10.0. The van der Waals surface area contributed by atoms with Gasteiger partial charge in [0.05, 0.1) is 11.3 Å². The van der Waals surface area contributed by atoms with Crippen molar-refractivity contribution in [2.75, 3.05) is 6.54 Å². The van der Waals surface area contributed by atoms with Gasteiger partial charge in [-0.2, -0.15) is 0 Å². The molecular formula is C23H21N3O3S. The van der Waals surface area contributed by atoms with Crippen LogP contribution in [-0.4, -0.2) is 37.9 Å². The summed E-state index contributed by atoms with van der Waals surface area (Å²) in [5.74, 6) is 0.641. The first kappa shape index (κ1) is 18.9. The molecule has 1 saturated heterocycles. The largest absolute Gasteiger partial charge is 0.478 e. The second-order valence-corrected chi connectivity index (χ2v) is 9.08. The van der Waals surface area contributed by atoms with Crippen molar-refractivity contribution in [3.8, 4) is 11.3 Å². The Kier molecular flexibility index (Phi) is 4.62. The molecule has 5 rings (SSSR count). The van der Waals surface area contributed by atoms with Crippen molar-refractivity contribution in [3.05, 3.63) is 77.3 Å². The fourth-order valence-electron chi connectivity index (χ4n) is 4.15. The molecule has 1 aromatic carbocycles. The number of aromatic carboxylic acids is 1. The van der Waals surface area contributed by atoms with Gasteiger partial charge < -0.3 is 14.4 Å². The maximum absolute atomic E-state index is 11.2. The molecule has 1 N–H and O–H groups in total. The van der Waals surface area contributed by atoms with Gasteiger partial charge in [-0.25, -0.2) is 9.79 Å². The average Bonchev–Trinajstić information content (AvgIpc) is 3.42. The van der Waals surface area contributed by atoms with Gasteiger partial charge in [-0.15, -0.1) is 0 Å². The lowest BCUT2D eigenvalue weighted by Gasteiger charge is -2.25. The molecule has 3 aromatic rings. The first-order chi connectivity index (χ1) is 14.5. The van der Waals surface area contributed by atoms with Crippen molar-refractivity contribution in [1.82, 2.24) is 9.88 Å². The highest BCUT2D eigenvalue weighted by molar-refractivity contribution is 8.14. The first-order valence-electron chi connectivity index (χ1n) is 9.87. The number of fused-ring (bicyclic) bond motifs is 1. The maximum Gasteiger partial charge on any atom is 0.335 e. The van der Waals surface area contributed by atoms with Gasteiger partial charge in [0.25, 0.3) is 0 Å². The molecule has 0 saturated carbocycles. The smallest absolute Gasteiger partial charge is 0.335 e. The number of hydrogen-bond acceptors (Lipinski definition) is 6. The first-order valence-corrected chi connectivity index (χ1v) is 10.8. The Bertz CT molecular complexity index is 1140. The Morgan fingerprint density at radius 3 is 2.83 bits per heavy atom. The number of aromatic nitrogens is 1. The van der Waals surface area contributed by atoms with Crippen LogP contribution in [0.15, 0.2) is 64.1 Å². The van der Waals surface area contributed by atoms with Crippen molar-refractivity contribution in [1.29, 1.82) is 0 Å². The molecule has 7 heteroatoms. The Labute approximate surface area is 178 Å². The lowest BCUT2D eigenvalue weighted by Crippen LogP contribution is -2.28. The summed E-state index contributed by atoms with van der Waals surface area (Å²) in [5.41, 5.74) is 2.96. The summed E-state index contributed by atoms with van der Waals surface area (Å²) < 4.78 is 6.33. The highest BCUT2D eigenvalue weighted by Crippen LogP contribution is 2.48. The van der Waals surface area contributed by atoms with Crippen LogP contribution in [0.2, 0.25) is 0 Å². The zero-order valence-corrected chi connectivity index (χ0v) is 17.5. The number of nitrogens with zero attached hydrogens (tertiary/aromatic N) is 3. The molecule has 2 aromatic heterocycles. The van der Waals surface area contributed by atoms with E-state index in [0.717, 1.165) is 40.1 Å². The van der Waals surface area contributed by atoms with Crippen molar-refractivity contribution in [2.45, 2.75) is 31.2 Å². The Morgan fingerprint density at radius 2 is 2.10 bits per heavy atom. The number of hydrogen-bond donors (Lipinski definition) is 1. The Balaban J connectivity index is 1.52. The molecule has 0 radical (unpaired) electrons. The molecule has 0 aliphatic carbocycles. The summed E-state index contributed by atoms with van der Waals surface area (Å²) in [6.07, 6.45) is 1.80. The van der Waals surface area contributed by atoms with Crippen LogP contribution in [0.25, 0.3) is 11.3 Å². The minimum Gasteiger partial charge on any atom is -0.478 e. The number of carbonyl (C=O) groups is 1. The SMILES string of the molecule is Cc1cc(C(=O)O)ccc1-c1ccc([C@@H]2[C@H](c3ccccn3)N=C3S[C@H](C)CN32)o1. The van der Waals surface area contributed by atoms with E-state index >= 15 is 0 Å². The van der Waals surface area contributed by atoms with E-state index < -0.39 is 5.97 Å². The van der Waals surface area contributed by atoms with Gasteiger partial charge in [0, 0.05) is 23.6 Å². The molecule has 152 valence electrons. The summed E-state index contributed by atoms with van der Waals surface area (Å²) in [5, 5.41) is 10.7. The fourth-order valence-corrected chi connectivity index (χ4v) is 5.25. The van der Waals surface area contributed by atoms with E-state index in [1.165, 1.54) is 0 Å². The highest BCUT2D eigenvalue weighted by Gasteiger charge is 2.45. The van der Waals surface area contributed by atoms with E-state index in [1.807, 2.05) is 43.3 Å². The van der Waals surface area contributed by atoms with Crippen LogP contribution in [0.5, 0.6) is 0 Å². The number of furan rings is 1. The second-order valence-electron chi connectivity index (χ2n) is 7.67. The molecule has 2 aliphatic rings. The monoisotopic (exact) mass is 419 g/mol. The van der Waals surface area contributed by atoms with Crippen LogP contribution < -0.4 is 0 Å². The van der Waals surface area contributed by atoms with Gasteiger partial charge >= 0.3 is 5.97 Å². The topological polar surface area (TPSA) is 78.9 Å². The number of benzene rings is 1. The summed E-state index contributed by atoms with van der Waals surface area (Å²) in [6, 6.07) is 14.8. The zero-order valence-electron chi connectivity index (χ0n) is 16.6. The molecule has 0 unspecified atom stereocenters. The van der Waals surface area contributed by atoms with E-state index in [-0.39, 0.29) is 17.6 Å². The van der Waals surface area contributed by atoms with Gasteiger partial charge in [-0.05, 0) is 48.9 Å². The average molecular weight is 420 g/mol. The number of carboxylic acids is 1. The van der Waals surface area contributed by atoms with Crippen LogP contribution in [0.3, 0.4) is 0 Å². The molecule has 0 bridgehead atoms. The van der Waals surface area contributed by atoms with Crippen molar-refractivity contribution < 1.29 is 14.3 Å². The number of amidine groups is 1. The van der Waals surface area contributed by atoms with E-state index in [4.69, 9.17) is 9.41 Å². The number of carboxylic acid groups (broad SMARTS) is 1. The summed E-state index contributed by atoms with van der Waals surface area (Å²) in [4.78, 5) is 23.1. The van der Waals surface area contributed by atoms with E-state index in [0.29, 0.717) is 5.25 Å². The van der Waals surface area contributed by atoms with Crippen LogP contribution in [-0.2, 0) is 0 Å². The molecule has 1 fully saturated rings. The van der Waals surface area contributed by atoms with Gasteiger partial charge in [0.15, 0.2) is 5.17 Å². The van der Waals surface area contributed by atoms with Crippen molar-refractivity contribution in [3.63, 3.8) is 0 Å². The molecule has 6 nitrogen and oxygen atoms in total. The molecule has 0 amide bonds. The number of rotatable bonds is 4. The predicted octanol–water partition coefficient (Wildman–Crippen LogP) is 4.94. The number of thioether (sulfide) groups is 1. The molecular weight excluding hydrogens is 398 g/mol. The summed E-state index contributed by atoms with van der Waals surface area (Å²) in [6.45, 7) is 5.02. The molecule has 4 heterocycles. The normalized spacial score (nSPS) is 22.8. The van der Waals surface area contributed by atoms with Crippen molar-refractivity contribution in [2.24, 2.45) is 4.99 Å².